The molecule has 0 aliphatic heterocycles. The Balaban J connectivity index is 1.53. The summed E-state index contributed by atoms with van der Waals surface area (Å²) in [6, 6.07) is 13.2. The average molecular weight is 398 g/mol. The second-order valence-electron chi connectivity index (χ2n) is 6.21. The Morgan fingerprint density at radius 2 is 1.89 bits per heavy atom. The number of ether oxygens (including phenoxy) is 2. The predicted molar refractivity (Wildman–Crippen MR) is 113 cm³/mol. The molecule has 6 nitrogen and oxygen atoms in total. The number of urea groups is 1. The average Bonchev–Trinajstić information content (AvgIpc) is 3.17. The highest BCUT2D eigenvalue weighted by Gasteiger charge is 2.09. The van der Waals surface area contributed by atoms with Crippen molar-refractivity contribution in [2.75, 3.05) is 26.1 Å². The summed E-state index contributed by atoms with van der Waals surface area (Å²) in [7, 11) is 3.13. The SMILES string of the molecule is COc1ccc(OC)c(NC(=O)NCCc2csc(-c3ccc(C)cc3)n2)c1. The van der Waals surface area contributed by atoms with Crippen molar-refractivity contribution < 1.29 is 14.3 Å². The minimum Gasteiger partial charge on any atom is -0.497 e. The van der Waals surface area contributed by atoms with Gasteiger partial charge in [-0.15, -0.1) is 11.3 Å². The third-order valence-corrected chi connectivity index (χ3v) is 5.11. The molecule has 0 atom stereocenters. The number of nitrogens with one attached hydrogen (secondary N) is 2. The van der Waals surface area contributed by atoms with E-state index in [0.29, 0.717) is 30.2 Å². The van der Waals surface area contributed by atoms with Crippen LogP contribution in [0.1, 0.15) is 11.3 Å². The van der Waals surface area contributed by atoms with E-state index in [4.69, 9.17) is 9.47 Å². The van der Waals surface area contributed by atoms with E-state index in [9.17, 15) is 4.79 Å². The summed E-state index contributed by atoms with van der Waals surface area (Å²) < 4.78 is 10.5. The summed E-state index contributed by atoms with van der Waals surface area (Å²) in [5, 5.41) is 8.64. The summed E-state index contributed by atoms with van der Waals surface area (Å²) in [5.41, 5.74) is 3.84. The van der Waals surface area contributed by atoms with E-state index in [1.165, 1.54) is 5.56 Å². The van der Waals surface area contributed by atoms with Crippen LogP contribution in [0.25, 0.3) is 10.6 Å². The van der Waals surface area contributed by atoms with Crippen LogP contribution in [-0.2, 0) is 6.42 Å². The van der Waals surface area contributed by atoms with Crippen molar-refractivity contribution in [2.45, 2.75) is 13.3 Å². The standard InChI is InChI=1S/C21H23N3O3S/c1-14-4-6-15(7-5-14)20-23-16(13-28-20)10-11-22-21(25)24-18-12-17(26-2)8-9-19(18)27-3/h4-9,12-13H,10-11H2,1-3H3,(H2,22,24,25). The van der Waals surface area contributed by atoms with Gasteiger partial charge in [-0.25, -0.2) is 9.78 Å². The van der Waals surface area contributed by atoms with Gasteiger partial charge < -0.3 is 20.1 Å². The van der Waals surface area contributed by atoms with E-state index in [-0.39, 0.29) is 6.03 Å². The normalized spacial score (nSPS) is 10.4. The molecule has 0 aliphatic carbocycles. The molecule has 0 aliphatic rings. The van der Waals surface area contributed by atoms with Crippen molar-refractivity contribution in [3.8, 4) is 22.1 Å². The summed E-state index contributed by atoms with van der Waals surface area (Å²) in [6.07, 6.45) is 0.658. The Labute approximate surface area is 168 Å². The first-order valence-electron chi connectivity index (χ1n) is 8.87. The first-order valence-corrected chi connectivity index (χ1v) is 9.75. The van der Waals surface area contributed by atoms with Gasteiger partial charge in [0.05, 0.1) is 25.6 Å². The van der Waals surface area contributed by atoms with E-state index >= 15 is 0 Å². The number of rotatable bonds is 7. The summed E-state index contributed by atoms with van der Waals surface area (Å²) in [5.74, 6) is 1.21. The van der Waals surface area contributed by atoms with E-state index in [0.717, 1.165) is 16.3 Å². The highest BCUT2D eigenvalue weighted by atomic mass is 32.1. The van der Waals surface area contributed by atoms with Gasteiger partial charge in [-0.05, 0) is 19.1 Å². The van der Waals surface area contributed by atoms with Crippen molar-refractivity contribution in [2.24, 2.45) is 0 Å². The first kappa shape index (κ1) is 19.7. The number of benzene rings is 2. The Bertz CT molecular complexity index is 938. The number of thiazole rings is 1. The third kappa shape index (κ3) is 5.01. The molecule has 7 heteroatoms. The maximum absolute atomic E-state index is 12.2. The summed E-state index contributed by atoms with van der Waals surface area (Å²) in [6.45, 7) is 2.55. The van der Waals surface area contributed by atoms with Gasteiger partial charge in [0.25, 0.3) is 0 Å². The van der Waals surface area contributed by atoms with E-state index < -0.39 is 0 Å². The Morgan fingerprint density at radius 1 is 1.11 bits per heavy atom. The molecule has 1 heterocycles. The van der Waals surface area contributed by atoms with Crippen LogP contribution in [0.3, 0.4) is 0 Å². The zero-order valence-corrected chi connectivity index (χ0v) is 16.9. The molecular weight excluding hydrogens is 374 g/mol. The molecule has 0 unspecified atom stereocenters. The summed E-state index contributed by atoms with van der Waals surface area (Å²) >= 11 is 1.61. The lowest BCUT2D eigenvalue weighted by Gasteiger charge is -2.12. The number of nitrogens with zero attached hydrogens (tertiary/aromatic N) is 1. The predicted octanol–water partition coefficient (Wildman–Crippen LogP) is 4.50. The minimum absolute atomic E-state index is 0.305. The maximum atomic E-state index is 12.2. The Morgan fingerprint density at radius 3 is 2.61 bits per heavy atom. The fourth-order valence-electron chi connectivity index (χ4n) is 2.63. The van der Waals surface area contributed by atoms with Gasteiger partial charge in [-0.2, -0.15) is 0 Å². The molecular formula is C21H23N3O3S. The fraction of sp³-hybridized carbons (Fsp3) is 0.238. The van der Waals surface area contributed by atoms with E-state index in [2.05, 4.69) is 46.8 Å². The lowest BCUT2D eigenvalue weighted by atomic mass is 10.2. The molecule has 146 valence electrons. The lowest BCUT2D eigenvalue weighted by molar-refractivity contribution is 0.252. The molecule has 0 fully saturated rings. The molecule has 3 aromatic rings. The van der Waals surface area contributed by atoms with Crippen LogP contribution in [-0.4, -0.2) is 31.8 Å². The highest BCUT2D eigenvalue weighted by Crippen LogP contribution is 2.28. The van der Waals surface area contributed by atoms with Gasteiger partial charge in [-0.3, -0.25) is 0 Å². The second-order valence-corrected chi connectivity index (χ2v) is 7.07. The van der Waals surface area contributed by atoms with E-state index in [1.807, 2.05) is 5.38 Å². The van der Waals surface area contributed by atoms with Crippen LogP contribution in [0.2, 0.25) is 0 Å². The number of anilines is 1. The number of amides is 2. The van der Waals surface area contributed by atoms with Crippen LogP contribution in [0, 0.1) is 6.92 Å². The smallest absolute Gasteiger partial charge is 0.319 e. The van der Waals surface area contributed by atoms with Crippen LogP contribution in [0.4, 0.5) is 10.5 Å². The maximum Gasteiger partial charge on any atom is 0.319 e. The molecule has 28 heavy (non-hydrogen) atoms. The Hall–Kier alpha value is -3.06. The molecule has 3 rings (SSSR count). The second kappa shape index (κ2) is 9.23. The van der Waals surface area contributed by atoms with E-state index in [1.54, 1.807) is 43.8 Å². The Kier molecular flexibility index (Phi) is 6.49. The molecule has 1 aromatic heterocycles. The van der Waals surface area contributed by atoms with Gasteiger partial charge in [-0.1, -0.05) is 29.8 Å². The van der Waals surface area contributed by atoms with Crippen molar-refractivity contribution in [1.29, 1.82) is 0 Å². The van der Waals surface area contributed by atoms with Crippen LogP contribution in [0.15, 0.2) is 47.8 Å². The molecule has 0 saturated heterocycles. The van der Waals surface area contributed by atoms with Crippen molar-refractivity contribution in [3.63, 3.8) is 0 Å². The number of hydrogen-bond acceptors (Lipinski definition) is 5. The summed E-state index contributed by atoms with van der Waals surface area (Å²) in [4.78, 5) is 16.8. The quantitative estimate of drug-likeness (QED) is 0.616. The molecule has 0 radical (unpaired) electrons. The number of aromatic nitrogens is 1. The molecule has 0 saturated carbocycles. The largest absolute Gasteiger partial charge is 0.497 e. The zero-order chi connectivity index (χ0) is 19.9. The van der Waals surface area contributed by atoms with Gasteiger partial charge >= 0.3 is 6.03 Å². The van der Waals surface area contributed by atoms with Crippen LogP contribution >= 0.6 is 11.3 Å². The number of aryl methyl sites for hydroxylation is 1. The monoisotopic (exact) mass is 397 g/mol. The number of hydrogen-bond donors (Lipinski definition) is 2. The van der Waals surface area contributed by atoms with Crippen LogP contribution < -0.4 is 20.1 Å². The first-order chi connectivity index (χ1) is 13.6. The molecule has 0 bridgehead atoms. The van der Waals surface area contributed by atoms with Crippen molar-refractivity contribution in [3.05, 3.63) is 59.1 Å². The van der Waals surface area contributed by atoms with Crippen molar-refractivity contribution >= 4 is 23.1 Å². The molecule has 2 amide bonds. The number of methoxy groups -OCH3 is 2. The number of carbonyl (C=O) groups is 1. The lowest BCUT2D eigenvalue weighted by Crippen LogP contribution is -2.30. The molecule has 0 spiro atoms. The van der Waals surface area contributed by atoms with Gasteiger partial charge in [0.1, 0.15) is 16.5 Å². The molecule has 2 aromatic carbocycles. The highest BCUT2D eigenvalue weighted by molar-refractivity contribution is 7.13. The van der Waals surface area contributed by atoms with Gasteiger partial charge in [0, 0.05) is 30.0 Å². The van der Waals surface area contributed by atoms with Crippen LogP contribution in [0.5, 0.6) is 11.5 Å². The fourth-order valence-corrected chi connectivity index (χ4v) is 3.49. The zero-order valence-electron chi connectivity index (χ0n) is 16.1. The molecule has 2 N–H and O–H groups in total. The van der Waals surface area contributed by atoms with Gasteiger partial charge in [0.15, 0.2) is 0 Å². The third-order valence-electron chi connectivity index (χ3n) is 4.17. The topological polar surface area (TPSA) is 72.5 Å². The minimum atomic E-state index is -0.305. The van der Waals surface area contributed by atoms with Crippen molar-refractivity contribution in [1.82, 2.24) is 10.3 Å². The van der Waals surface area contributed by atoms with Gasteiger partial charge in [0.2, 0.25) is 0 Å². The number of carbonyl (C=O) groups excluding carboxylic acids is 1.